The average Bonchev–Trinajstić information content (AvgIpc) is 3.20. The Bertz CT molecular complexity index is 1100. The van der Waals surface area contributed by atoms with Gasteiger partial charge in [0, 0.05) is 13.1 Å². The van der Waals surface area contributed by atoms with Crippen molar-refractivity contribution in [3.63, 3.8) is 0 Å². The molecular formula is C22H25N3O2S2. The lowest BCUT2D eigenvalue weighted by Crippen LogP contribution is -2.37. The monoisotopic (exact) mass is 427 g/mol. The molecule has 2 aromatic heterocycles. The molecule has 0 aliphatic carbocycles. The van der Waals surface area contributed by atoms with Crippen molar-refractivity contribution >= 4 is 39.2 Å². The van der Waals surface area contributed by atoms with Crippen LogP contribution in [0.15, 0.2) is 39.6 Å². The lowest BCUT2D eigenvalue weighted by Gasteiger charge is -2.26. The Hall–Kier alpha value is -2.12. The topological polar surface area (TPSA) is 55.2 Å². The van der Waals surface area contributed by atoms with E-state index in [-0.39, 0.29) is 11.5 Å². The van der Waals surface area contributed by atoms with E-state index in [1.165, 1.54) is 40.6 Å². The van der Waals surface area contributed by atoms with Gasteiger partial charge < -0.3 is 4.90 Å². The number of thioether (sulfide) groups is 1. The molecule has 1 aliphatic rings. The first-order valence-electron chi connectivity index (χ1n) is 9.97. The fourth-order valence-corrected chi connectivity index (χ4v) is 5.30. The van der Waals surface area contributed by atoms with Crippen molar-refractivity contribution in [2.45, 2.75) is 44.8 Å². The SMILES string of the molecule is Cc1ccc(Cn2c(SCC(=O)N3CCCCC3)nc3ccsc3c2=O)cc1C. The number of aryl methyl sites for hydroxylation is 2. The highest BCUT2D eigenvalue weighted by molar-refractivity contribution is 7.99. The Labute approximate surface area is 178 Å². The van der Waals surface area contributed by atoms with Gasteiger partial charge in [-0.3, -0.25) is 14.2 Å². The molecule has 0 N–H and O–H groups in total. The van der Waals surface area contributed by atoms with Crippen LogP contribution in [0, 0.1) is 13.8 Å². The maximum atomic E-state index is 13.1. The number of rotatable bonds is 5. The van der Waals surface area contributed by atoms with Gasteiger partial charge in [-0.25, -0.2) is 4.98 Å². The van der Waals surface area contributed by atoms with E-state index in [1.807, 2.05) is 16.3 Å². The van der Waals surface area contributed by atoms with Crippen molar-refractivity contribution in [3.8, 4) is 0 Å². The molecule has 152 valence electrons. The third kappa shape index (κ3) is 4.41. The standard InChI is InChI=1S/C22H25N3O2S2/c1-15-6-7-17(12-16(15)2)13-25-21(27)20-18(8-11-28-20)23-22(25)29-14-19(26)24-9-4-3-5-10-24/h6-8,11-12H,3-5,9-10,13-14H2,1-2H3. The van der Waals surface area contributed by atoms with Crippen LogP contribution in [-0.2, 0) is 11.3 Å². The van der Waals surface area contributed by atoms with Crippen molar-refractivity contribution in [1.29, 1.82) is 0 Å². The summed E-state index contributed by atoms with van der Waals surface area (Å²) < 4.78 is 2.39. The van der Waals surface area contributed by atoms with Gasteiger partial charge in [-0.1, -0.05) is 30.0 Å². The predicted octanol–water partition coefficient (Wildman–Crippen LogP) is 4.23. The molecule has 1 saturated heterocycles. The summed E-state index contributed by atoms with van der Waals surface area (Å²) >= 11 is 2.79. The lowest BCUT2D eigenvalue weighted by atomic mass is 10.1. The number of nitrogens with zero attached hydrogens (tertiary/aromatic N) is 3. The van der Waals surface area contributed by atoms with Crippen molar-refractivity contribution in [2.24, 2.45) is 0 Å². The molecule has 1 aromatic carbocycles. The number of hydrogen-bond donors (Lipinski definition) is 0. The number of thiophene rings is 1. The number of likely N-dealkylation sites (tertiary alicyclic amines) is 1. The van der Waals surface area contributed by atoms with Gasteiger partial charge in [-0.15, -0.1) is 11.3 Å². The predicted molar refractivity (Wildman–Crippen MR) is 120 cm³/mol. The number of carbonyl (C=O) groups excluding carboxylic acids is 1. The zero-order valence-corrected chi connectivity index (χ0v) is 18.4. The molecule has 3 heterocycles. The van der Waals surface area contributed by atoms with E-state index in [2.05, 4.69) is 32.0 Å². The van der Waals surface area contributed by atoms with Crippen LogP contribution in [0.5, 0.6) is 0 Å². The quantitative estimate of drug-likeness (QED) is 0.452. The van der Waals surface area contributed by atoms with Gasteiger partial charge in [0.2, 0.25) is 5.91 Å². The minimum Gasteiger partial charge on any atom is -0.342 e. The van der Waals surface area contributed by atoms with Crippen molar-refractivity contribution < 1.29 is 4.79 Å². The molecule has 0 saturated carbocycles. The molecule has 7 heteroatoms. The van der Waals surface area contributed by atoms with Crippen LogP contribution in [-0.4, -0.2) is 39.2 Å². The molecule has 0 unspecified atom stereocenters. The summed E-state index contributed by atoms with van der Waals surface area (Å²) in [7, 11) is 0. The molecule has 0 bridgehead atoms. The third-order valence-corrected chi connectivity index (χ3v) is 7.33. The van der Waals surface area contributed by atoms with Crippen LogP contribution in [0.3, 0.4) is 0 Å². The molecule has 1 amide bonds. The lowest BCUT2D eigenvalue weighted by molar-refractivity contribution is -0.129. The molecule has 1 fully saturated rings. The first kappa shape index (κ1) is 20.2. The van der Waals surface area contributed by atoms with Crippen LogP contribution in [0.1, 0.15) is 36.0 Å². The fourth-order valence-electron chi connectivity index (χ4n) is 3.62. The van der Waals surface area contributed by atoms with Crippen LogP contribution in [0.2, 0.25) is 0 Å². The van der Waals surface area contributed by atoms with Crippen LogP contribution >= 0.6 is 23.1 Å². The van der Waals surface area contributed by atoms with Crippen LogP contribution in [0.4, 0.5) is 0 Å². The van der Waals surface area contributed by atoms with Gasteiger partial charge in [-0.2, -0.15) is 0 Å². The number of benzene rings is 1. The zero-order chi connectivity index (χ0) is 20.4. The van der Waals surface area contributed by atoms with Crippen LogP contribution in [0.25, 0.3) is 10.2 Å². The van der Waals surface area contributed by atoms with E-state index >= 15 is 0 Å². The fraction of sp³-hybridized carbons (Fsp3) is 0.409. The number of aromatic nitrogens is 2. The summed E-state index contributed by atoms with van der Waals surface area (Å²) in [6.07, 6.45) is 3.35. The Morgan fingerprint density at radius 1 is 1.14 bits per heavy atom. The number of hydrogen-bond acceptors (Lipinski definition) is 5. The first-order chi connectivity index (χ1) is 14.0. The molecule has 29 heavy (non-hydrogen) atoms. The van der Waals surface area contributed by atoms with Crippen molar-refractivity contribution in [2.75, 3.05) is 18.8 Å². The highest BCUT2D eigenvalue weighted by Crippen LogP contribution is 2.23. The highest BCUT2D eigenvalue weighted by Gasteiger charge is 2.19. The average molecular weight is 428 g/mol. The van der Waals surface area contributed by atoms with E-state index < -0.39 is 0 Å². The van der Waals surface area contributed by atoms with Gasteiger partial charge in [0.05, 0.1) is 17.8 Å². The molecular weight excluding hydrogens is 402 g/mol. The summed E-state index contributed by atoms with van der Waals surface area (Å²) in [5.41, 5.74) is 4.18. The molecule has 5 nitrogen and oxygen atoms in total. The maximum absolute atomic E-state index is 13.1. The number of fused-ring (bicyclic) bond motifs is 1. The van der Waals surface area contributed by atoms with E-state index in [0.29, 0.717) is 27.7 Å². The minimum absolute atomic E-state index is 0.0313. The molecule has 3 aromatic rings. The summed E-state index contributed by atoms with van der Waals surface area (Å²) in [6, 6.07) is 8.13. The Morgan fingerprint density at radius 3 is 2.69 bits per heavy atom. The van der Waals surface area contributed by atoms with Gasteiger partial charge in [0.1, 0.15) is 4.70 Å². The maximum Gasteiger partial charge on any atom is 0.272 e. The van der Waals surface area contributed by atoms with Crippen molar-refractivity contribution in [3.05, 3.63) is 56.7 Å². The highest BCUT2D eigenvalue weighted by atomic mass is 32.2. The zero-order valence-electron chi connectivity index (χ0n) is 16.8. The van der Waals surface area contributed by atoms with E-state index in [0.717, 1.165) is 31.5 Å². The smallest absolute Gasteiger partial charge is 0.272 e. The molecule has 4 rings (SSSR count). The van der Waals surface area contributed by atoms with E-state index in [1.54, 1.807) is 4.57 Å². The molecule has 0 atom stereocenters. The summed E-state index contributed by atoms with van der Waals surface area (Å²) in [4.78, 5) is 32.4. The number of carbonyl (C=O) groups is 1. The molecule has 1 aliphatic heterocycles. The van der Waals surface area contributed by atoms with Gasteiger partial charge in [-0.05, 0) is 61.2 Å². The molecule has 0 spiro atoms. The second-order valence-electron chi connectivity index (χ2n) is 7.57. The van der Waals surface area contributed by atoms with Crippen LogP contribution < -0.4 is 5.56 Å². The van der Waals surface area contributed by atoms with E-state index in [9.17, 15) is 9.59 Å². The largest absolute Gasteiger partial charge is 0.342 e. The Kier molecular flexibility index (Phi) is 6.06. The summed E-state index contributed by atoms with van der Waals surface area (Å²) in [6.45, 7) is 6.30. The third-order valence-electron chi connectivity index (χ3n) is 5.48. The van der Waals surface area contributed by atoms with Gasteiger partial charge >= 0.3 is 0 Å². The number of piperidine rings is 1. The second kappa shape index (κ2) is 8.71. The summed E-state index contributed by atoms with van der Waals surface area (Å²) in [5.74, 6) is 0.446. The number of amides is 1. The first-order valence-corrected chi connectivity index (χ1v) is 11.8. The van der Waals surface area contributed by atoms with Gasteiger partial charge in [0.15, 0.2) is 5.16 Å². The second-order valence-corrected chi connectivity index (χ2v) is 9.43. The van der Waals surface area contributed by atoms with E-state index in [4.69, 9.17) is 4.98 Å². The summed E-state index contributed by atoms with van der Waals surface area (Å²) in [5, 5.41) is 2.51. The molecule has 0 radical (unpaired) electrons. The minimum atomic E-state index is -0.0313. The Balaban J connectivity index is 1.62. The normalized spacial score (nSPS) is 14.5. The Morgan fingerprint density at radius 2 is 1.93 bits per heavy atom. The van der Waals surface area contributed by atoms with Gasteiger partial charge in [0.25, 0.3) is 5.56 Å². The van der Waals surface area contributed by atoms with Crippen molar-refractivity contribution in [1.82, 2.24) is 14.5 Å².